The van der Waals surface area contributed by atoms with Crippen molar-refractivity contribution in [3.8, 4) is 0 Å². The first-order chi connectivity index (χ1) is 7.16. The molecule has 6 nitrogen and oxygen atoms in total. The Morgan fingerprint density at radius 1 is 1.80 bits per heavy atom. The summed E-state index contributed by atoms with van der Waals surface area (Å²) in [6, 6.07) is 0.406. The highest BCUT2D eigenvalue weighted by molar-refractivity contribution is 5.28. The van der Waals surface area contributed by atoms with E-state index in [1.807, 2.05) is 0 Å². The molecule has 6 heteroatoms. The van der Waals surface area contributed by atoms with Gasteiger partial charge in [0.15, 0.2) is 0 Å². The molecule has 1 aliphatic heterocycles. The second-order valence-corrected chi connectivity index (χ2v) is 3.91. The van der Waals surface area contributed by atoms with Gasteiger partial charge in [0.1, 0.15) is 0 Å². The molecule has 0 saturated carbocycles. The van der Waals surface area contributed by atoms with E-state index in [2.05, 4.69) is 10.4 Å². The van der Waals surface area contributed by atoms with Crippen molar-refractivity contribution in [1.29, 1.82) is 0 Å². The summed E-state index contributed by atoms with van der Waals surface area (Å²) in [4.78, 5) is 10.1. The van der Waals surface area contributed by atoms with Gasteiger partial charge >= 0.3 is 5.82 Å². The molecule has 0 aliphatic carbocycles. The van der Waals surface area contributed by atoms with Crippen molar-refractivity contribution in [3.63, 3.8) is 0 Å². The molecule has 15 heavy (non-hydrogen) atoms. The summed E-state index contributed by atoms with van der Waals surface area (Å²) < 4.78 is 1.66. The lowest BCUT2D eigenvalue weighted by atomic mass is 10.2. The molecule has 1 aliphatic rings. The van der Waals surface area contributed by atoms with Gasteiger partial charge in [-0.2, -0.15) is 4.68 Å². The maximum Gasteiger partial charge on any atom is 0.392 e. The Hall–Kier alpha value is -1.43. The zero-order chi connectivity index (χ0) is 10.8. The minimum absolute atomic E-state index is 0.0343. The second-order valence-electron chi connectivity index (χ2n) is 3.91. The van der Waals surface area contributed by atoms with Crippen LogP contribution in [-0.4, -0.2) is 27.3 Å². The van der Waals surface area contributed by atoms with Gasteiger partial charge in [-0.15, -0.1) is 0 Å². The summed E-state index contributed by atoms with van der Waals surface area (Å²) in [6.45, 7) is 3.46. The van der Waals surface area contributed by atoms with Crippen LogP contribution in [0.25, 0.3) is 0 Å². The Morgan fingerprint density at radius 3 is 3.13 bits per heavy atom. The fourth-order valence-electron chi connectivity index (χ4n) is 1.92. The SMILES string of the molecule is Cc1cn(CC2CCCN2)nc1[N+](=O)[O-]. The minimum Gasteiger partial charge on any atom is -0.358 e. The van der Waals surface area contributed by atoms with Crippen LogP contribution in [0.2, 0.25) is 0 Å². The van der Waals surface area contributed by atoms with E-state index >= 15 is 0 Å². The molecule has 1 atom stereocenters. The van der Waals surface area contributed by atoms with Crippen LogP contribution in [-0.2, 0) is 6.54 Å². The fraction of sp³-hybridized carbons (Fsp3) is 0.667. The first-order valence-electron chi connectivity index (χ1n) is 5.08. The lowest BCUT2D eigenvalue weighted by Crippen LogP contribution is -2.26. The van der Waals surface area contributed by atoms with E-state index in [9.17, 15) is 10.1 Å². The Labute approximate surface area is 87.4 Å². The number of nitro groups is 1. The molecule has 0 aromatic carbocycles. The third-order valence-electron chi connectivity index (χ3n) is 2.66. The van der Waals surface area contributed by atoms with Crippen LogP contribution in [0, 0.1) is 17.0 Å². The van der Waals surface area contributed by atoms with Crippen molar-refractivity contribution in [3.05, 3.63) is 21.9 Å². The van der Waals surface area contributed by atoms with Crippen molar-refractivity contribution in [1.82, 2.24) is 15.1 Å². The normalized spacial score (nSPS) is 20.7. The molecule has 1 unspecified atom stereocenters. The highest BCUT2D eigenvalue weighted by Gasteiger charge is 2.20. The van der Waals surface area contributed by atoms with Gasteiger partial charge in [0, 0.05) is 6.04 Å². The largest absolute Gasteiger partial charge is 0.392 e. The van der Waals surface area contributed by atoms with Gasteiger partial charge in [-0.1, -0.05) is 0 Å². The maximum atomic E-state index is 10.6. The van der Waals surface area contributed by atoms with E-state index in [0.29, 0.717) is 18.2 Å². The number of aryl methyl sites for hydroxylation is 1. The number of nitrogens with one attached hydrogen (secondary N) is 1. The van der Waals surface area contributed by atoms with E-state index in [4.69, 9.17) is 0 Å². The topological polar surface area (TPSA) is 73.0 Å². The molecule has 1 N–H and O–H groups in total. The summed E-state index contributed by atoms with van der Waals surface area (Å²) in [6.07, 6.45) is 4.03. The minimum atomic E-state index is -0.437. The molecule has 0 radical (unpaired) electrons. The van der Waals surface area contributed by atoms with Crippen LogP contribution >= 0.6 is 0 Å². The predicted molar refractivity (Wildman–Crippen MR) is 54.6 cm³/mol. The maximum absolute atomic E-state index is 10.6. The quantitative estimate of drug-likeness (QED) is 0.593. The van der Waals surface area contributed by atoms with Crippen molar-refractivity contribution in [2.24, 2.45) is 0 Å². The zero-order valence-electron chi connectivity index (χ0n) is 8.64. The van der Waals surface area contributed by atoms with E-state index in [1.54, 1.807) is 17.8 Å². The van der Waals surface area contributed by atoms with Gasteiger partial charge in [0.2, 0.25) is 0 Å². The molecule has 0 amide bonds. The first-order valence-corrected chi connectivity index (χ1v) is 5.08. The van der Waals surface area contributed by atoms with Crippen LogP contribution < -0.4 is 5.32 Å². The summed E-state index contributed by atoms with van der Waals surface area (Å²) in [5.74, 6) is -0.0343. The molecule has 2 heterocycles. The van der Waals surface area contributed by atoms with Crippen LogP contribution in [0.15, 0.2) is 6.20 Å². The zero-order valence-corrected chi connectivity index (χ0v) is 8.64. The molecular formula is C9H14N4O2. The second kappa shape index (κ2) is 3.98. The molecule has 82 valence electrons. The van der Waals surface area contributed by atoms with E-state index in [0.717, 1.165) is 13.0 Å². The van der Waals surface area contributed by atoms with Crippen LogP contribution in [0.5, 0.6) is 0 Å². The number of hydrogen-bond acceptors (Lipinski definition) is 4. The van der Waals surface area contributed by atoms with Crippen molar-refractivity contribution < 1.29 is 4.92 Å². The third kappa shape index (κ3) is 2.15. The lowest BCUT2D eigenvalue weighted by Gasteiger charge is -2.06. The summed E-state index contributed by atoms with van der Waals surface area (Å²) in [5.41, 5.74) is 0.623. The standard InChI is InChI=1S/C9H14N4O2/c1-7-5-12(11-9(7)13(14)15)6-8-3-2-4-10-8/h5,8,10H,2-4,6H2,1H3. The number of hydrogen-bond donors (Lipinski definition) is 1. The van der Waals surface area contributed by atoms with Crippen LogP contribution in [0.1, 0.15) is 18.4 Å². The third-order valence-corrected chi connectivity index (χ3v) is 2.66. The number of aromatic nitrogens is 2. The van der Waals surface area contributed by atoms with Crippen molar-refractivity contribution in [2.75, 3.05) is 6.54 Å². The highest BCUT2D eigenvalue weighted by Crippen LogP contribution is 2.15. The smallest absolute Gasteiger partial charge is 0.358 e. The fourth-order valence-corrected chi connectivity index (χ4v) is 1.92. The van der Waals surface area contributed by atoms with Crippen molar-refractivity contribution in [2.45, 2.75) is 32.4 Å². The van der Waals surface area contributed by atoms with Gasteiger partial charge in [-0.3, -0.25) is 0 Å². The molecule has 1 saturated heterocycles. The summed E-state index contributed by atoms with van der Waals surface area (Å²) >= 11 is 0. The highest BCUT2D eigenvalue weighted by atomic mass is 16.6. The van der Waals surface area contributed by atoms with Gasteiger partial charge in [0.25, 0.3) is 0 Å². The van der Waals surface area contributed by atoms with Crippen LogP contribution in [0.3, 0.4) is 0 Å². The Bertz CT molecular complexity index is 368. The van der Waals surface area contributed by atoms with Gasteiger partial charge in [-0.25, -0.2) is 0 Å². The Kier molecular flexibility index (Phi) is 2.68. The molecule has 1 fully saturated rings. The monoisotopic (exact) mass is 210 g/mol. The van der Waals surface area contributed by atoms with Crippen LogP contribution in [0.4, 0.5) is 5.82 Å². The molecule has 1 aromatic rings. The number of rotatable bonds is 3. The van der Waals surface area contributed by atoms with Crippen molar-refractivity contribution >= 4 is 5.82 Å². The first kappa shape index (κ1) is 10.1. The van der Waals surface area contributed by atoms with Gasteiger partial charge in [0.05, 0.1) is 23.4 Å². The predicted octanol–water partition coefficient (Wildman–Crippen LogP) is 0.852. The van der Waals surface area contributed by atoms with E-state index < -0.39 is 4.92 Å². The molecular weight excluding hydrogens is 196 g/mol. The van der Waals surface area contributed by atoms with E-state index in [-0.39, 0.29) is 5.82 Å². The molecule has 2 rings (SSSR count). The number of nitrogens with zero attached hydrogens (tertiary/aromatic N) is 3. The van der Waals surface area contributed by atoms with Gasteiger partial charge < -0.3 is 15.4 Å². The van der Waals surface area contributed by atoms with Gasteiger partial charge in [-0.05, 0) is 31.2 Å². The molecule has 1 aromatic heterocycles. The average molecular weight is 210 g/mol. The average Bonchev–Trinajstić information content (AvgIpc) is 2.75. The molecule has 0 bridgehead atoms. The summed E-state index contributed by atoms with van der Waals surface area (Å²) in [7, 11) is 0. The lowest BCUT2D eigenvalue weighted by molar-refractivity contribution is -0.390. The molecule has 0 spiro atoms. The Balaban J connectivity index is 2.08. The Morgan fingerprint density at radius 2 is 2.60 bits per heavy atom. The van der Waals surface area contributed by atoms with E-state index in [1.165, 1.54) is 6.42 Å². The summed E-state index contributed by atoms with van der Waals surface area (Å²) in [5, 5.41) is 17.9.